The normalized spacial score (nSPS) is 10.2. The Labute approximate surface area is 109 Å². The molecular formula is C15H22O3. The maximum Gasteiger partial charge on any atom is 0.126 e. The van der Waals surface area contributed by atoms with Crippen LogP contribution in [0.1, 0.15) is 38.3 Å². The molecule has 0 radical (unpaired) electrons. The SMILES string of the molecule is CCCc1cc(OCC)c(CC=O)c(OCC)c1. The lowest BCUT2D eigenvalue weighted by Crippen LogP contribution is -2.04. The van der Waals surface area contributed by atoms with Crippen molar-refractivity contribution in [1.82, 2.24) is 0 Å². The van der Waals surface area contributed by atoms with Gasteiger partial charge in [-0.3, -0.25) is 0 Å². The van der Waals surface area contributed by atoms with Gasteiger partial charge in [-0.25, -0.2) is 0 Å². The molecule has 1 aromatic carbocycles. The molecule has 100 valence electrons. The molecule has 0 aromatic heterocycles. The van der Waals surface area contributed by atoms with Gasteiger partial charge in [0, 0.05) is 12.0 Å². The van der Waals surface area contributed by atoms with Crippen molar-refractivity contribution in [2.24, 2.45) is 0 Å². The minimum atomic E-state index is 0.330. The molecule has 1 aromatic rings. The zero-order valence-corrected chi connectivity index (χ0v) is 11.5. The van der Waals surface area contributed by atoms with Crippen molar-refractivity contribution in [2.45, 2.75) is 40.0 Å². The van der Waals surface area contributed by atoms with Crippen molar-refractivity contribution in [2.75, 3.05) is 13.2 Å². The Hall–Kier alpha value is -1.51. The van der Waals surface area contributed by atoms with Crippen molar-refractivity contribution in [3.05, 3.63) is 23.3 Å². The Morgan fingerprint density at radius 3 is 2.00 bits per heavy atom. The molecule has 3 nitrogen and oxygen atoms in total. The van der Waals surface area contributed by atoms with Crippen molar-refractivity contribution in [1.29, 1.82) is 0 Å². The first-order valence-electron chi connectivity index (χ1n) is 6.61. The zero-order valence-electron chi connectivity index (χ0n) is 11.5. The quantitative estimate of drug-likeness (QED) is 0.665. The number of rotatable bonds is 8. The Morgan fingerprint density at radius 2 is 1.61 bits per heavy atom. The number of benzene rings is 1. The summed E-state index contributed by atoms with van der Waals surface area (Å²) in [6.07, 6.45) is 3.28. The highest BCUT2D eigenvalue weighted by atomic mass is 16.5. The molecule has 1 rings (SSSR count). The summed E-state index contributed by atoms with van der Waals surface area (Å²) in [6, 6.07) is 4.04. The summed E-state index contributed by atoms with van der Waals surface area (Å²) in [4.78, 5) is 10.8. The molecule has 0 saturated carbocycles. The van der Waals surface area contributed by atoms with Gasteiger partial charge in [0.1, 0.15) is 17.8 Å². The van der Waals surface area contributed by atoms with E-state index in [-0.39, 0.29) is 0 Å². The van der Waals surface area contributed by atoms with Crippen LogP contribution in [0.5, 0.6) is 11.5 Å². The third-order valence-corrected chi connectivity index (χ3v) is 2.65. The van der Waals surface area contributed by atoms with Crippen LogP contribution in [0, 0.1) is 0 Å². The lowest BCUT2D eigenvalue weighted by molar-refractivity contribution is -0.107. The standard InChI is InChI=1S/C15H22O3/c1-4-7-12-10-14(17-5-2)13(8-9-16)15(11-12)18-6-3/h9-11H,4-8H2,1-3H3. The highest BCUT2D eigenvalue weighted by molar-refractivity contribution is 5.62. The molecule has 0 saturated heterocycles. The van der Waals surface area contributed by atoms with E-state index in [1.54, 1.807) is 0 Å². The fourth-order valence-corrected chi connectivity index (χ4v) is 1.96. The number of hydrogen-bond donors (Lipinski definition) is 0. The van der Waals surface area contributed by atoms with E-state index in [0.717, 1.165) is 36.2 Å². The van der Waals surface area contributed by atoms with Gasteiger partial charge in [-0.15, -0.1) is 0 Å². The van der Waals surface area contributed by atoms with E-state index in [9.17, 15) is 4.79 Å². The van der Waals surface area contributed by atoms with Gasteiger partial charge in [-0.1, -0.05) is 13.3 Å². The van der Waals surface area contributed by atoms with Crippen LogP contribution in [0.4, 0.5) is 0 Å². The minimum absolute atomic E-state index is 0.330. The first kappa shape index (κ1) is 14.6. The highest BCUT2D eigenvalue weighted by Crippen LogP contribution is 2.31. The largest absolute Gasteiger partial charge is 0.493 e. The topological polar surface area (TPSA) is 35.5 Å². The van der Waals surface area contributed by atoms with Crippen molar-refractivity contribution in [3.8, 4) is 11.5 Å². The van der Waals surface area contributed by atoms with Crippen molar-refractivity contribution < 1.29 is 14.3 Å². The fraction of sp³-hybridized carbons (Fsp3) is 0.533. The smallest absolute Gasteiger partial charge is 0.126 e. The second-order valence-corrected chi connectivity index (χ2v) is 4.06. The minimum Gasteiger partial charge on any atom is -0.493 e. The van der Waals surface area contributed by atoms with E-state index < -0.39 is 0 Å². The number of carbonyl (C=O) groups excluding carboxylic acids is 1. The monoisotopic (exact) mass is 250 g/mol. The van der Waals surface area contributed by atoms with E-state index in [0.29, 0.717) is 19.6 Å². The second-order valence-electron chi connectivity index (χ2n) is 4.06. The van der Waals surface area contributed by atoms with Gasteiger partial charge >= 0.3 is 0 Å². The van der Waals surface area contributed by atoms with Crippen LogP contribution in [-0.2, 0) is 17.6 Å². The lowest BCUT2D eigenvalue weighted by Gasteiger charge is -2.16. The summed E-state index contributed by atoms with van der Waals surface area (Å²) in [5.74, 6) is 1.55. The molecule has 3 heteroatoms. The van der Waals surface area contributed by atoms with Crippen LogP contribution >= 0.6 is 0 Å². The second kappa shape index (κ2) is 7.75. The molecule has 0 bridgehead atoms. The van der Waals surface area contributed by atoms with E-state index >= 15 is 0 Å². The Morgan fingerprint density at radius 1 is 1.06 bits per heavy atom. The Bertz CT molecular complexity index is 358. The average molecular weight is 250 g/mol. The van der Waals surface area contributed by atoms with Crippen LogP contribution < -0.4 is 9.47 Å². The predicted molar refractivity (Wildman–Crippen MR) is 72.5 cm³/mol. The van der Waals surface area contributed by atoms with Gasteiger partial charge in [0.05, 0.1) is 13.2 Å². The average Bonchev–Trinajstić information content (AvgIpc) is 2.34. The number of hydrogen-bond acceptors (Lipinski definition) is 3. The number of aryl methyl sites for hydroxylation is 1. The maximum atomic E-state index is 10.8. The summed E-state index contributed by atoms with van der Waals surface area (Å²) in [5.41, 5.74) is 2.05. The van der Waals surface area contributed by atoms with Crippen LogP contribution in [0.15, 0.2) is 12.1 Å². The van der Waals surface area contributed by atoms with Gasteiger partial charge in [-0.2, -0.15) is 0 Å². The zero-order chi connectivity index (χ0) is 13.4. The van der Waals surface area contributed by atoms with Crippen LogP contribution in [-0.4, -0.2) is 19.5 Å². The van der Waals surface area contributed by atoms with Gasteiger partial charge in [-0.05, 0) is 38.0 Å². The molecule has 18 heavy (non-hydrogen) atoms. The molecule has 0 unspecified atom stereocenters. The Kier molecular flexibility index (Phi) is 6.26. The molecule has 0 fully saturated rings. The maximum absolute atomic E-state index is 10.8. The van der Waals surface area contributed by atoms with Gasteiger partial charge in [0.15, 0.2) is 0 Å². The van der Waals surface area contributed by atoms with Gasteiger partial charge < -0.3 is 14.3 Å². The molecule has 0 aliphatic heterocycles. The van der Waals surface area contributed by atoms with E-state index in [2.05, 4.69) is 6.92 Å². The molecule has 0 spiro atoms. The highest BCUT2D eigenvalue weighted by Gasteiger charge is 2.12. The Balaban J connectivity index is 3.19. The van der Waals surface area contributed by atoms with Crippen molar-refractivity contribution in [3.63, 3.8) is 0 Å². The van der Waals surface area contributed by atoms with Crippen molar-refractivity contribution >= 4 is 6.29 Å². The summed E-state index contributed by atoms with van der Waals surface area (Å²) < 4.78 is 11.2. The van der Waals surface area contributed by atoms with Gasteiger partial charge in [0.2, 0.25) is 0 Å². The summed E-state index contributed by atoms with van der Waals surface area (Å²) in [6.45, 7) is 7.20. The molecule has 0 atom stereocenters. The first-order valence-corrected chi connectivity index (χ1v) is 6.61. The number of carbonyl (C=O) groups is 1. The van der Waals surface area contributed by atoms with Gasteiger partial charge in [0.25, 0.3) is 0 Å². The fourth-order valence-electron chi connectivity index (χ4n) is 1.96. The van der Waals surface area contributed by atoms with Crippen LogP contribution in [0.25, 0.3) is 0 Å². The molecule has 0 heterocycles. The number of aldehydes is 1. The number of ether oxygens (including phenoxy) is 2. The first-order chi connectivity index (χ1) is 8.76. The molecule has 0 aliphatic rings. The van der Waals surface area contributed by atoms with Crippen LogP contribution in [0.3, 0.4) is 0 Å². The van der Waals surface area contributed by atoms with E-state index in [4.69, 9.17) is 9.47 Å². The predicted octanol–water partition coefficient (Wildman–Crippen LogP) is 3.18. The van der Waals surface area contributed by atoms with E-state index in [1.165, 1.54) is 5.56 Å². The van der Waals surface area contributed by atoms with Crippen LogP contribution in [0.2, 0.25) is 0 Å². The summed E-state index contributed by atoms with van der Waals surface area (Å²) in [7, 11) is 0. The summed E-state index contributed by atoms with van der Waals surface area (Å²) >= 11 is 0. The lowest BCUT2D eigenvalue weighted by atomic mass is 10.0. The molecule has 0 aliphatic carbocycles. The molecular weight excluding hydrogens is 228 g/mol. The molecule has 0 N–H and O–H groups in total. The third-order valence-electron chi connectivity index (χ3n) is 2.65. The summed E-state index contributed by atoms with van der Waals surface area (Å²) in [5, 5.41) is 0. The molecule has 0 amide bonds. The van der Waals surface area contributed by atoms with E-state index in [1.807, 2.05) is 26.0 Å². The third kappa shape index (κ3) is 3.76.